The van der Waals surface area contributed by atoms with Crippen LogP contribution in [-0.2, 0) is 4.79 Å². The van der Waals surface area contributed by atoms with Crippen molar-refractivity contribution in [1.29, 1.82) is 0 Å². The van der Waals surface area contributed by atoms with Crippen LogP contribution in [0.2, 0.25) is 5.15 Å². The second-order valence-corrected chi connectivity index (χ2v) is 8.35. The van der Waals surface area contributed by atoms with Crippen LogP contribution in [0.1, 0.15) is 55.3 Å². The molecule has 2 amide bonds. The van der Waals surface area contributed by atoms with Crippen molar-refractivity contribution in [3.05, 3.63) is 29.0 Å². The van der Waals surface area contributed by atoms with Gasteiger partial charge < -0.3 is 0 Å². The van der Waals surface area contributed by atoms with Crippen molar-refractivity contribution in [3.63, 3.8) is 0 Å². The molecule has 6 heteroatoms. The molecule has 0 aliphatic heterocycles. The van der Waals surface area contributed by atoms with Gasteiger partial charge in [0.05, 0.1) is 5.56 Å². The largest absolute Gasteiger partial charge is 0.273 e. The summed E-state index contributed by atoms with van der Waals surface area (Å²) in [6, 6.07) is 3.13. The number of pyridine rings is 1. The fraction of sp³-hybridized carbons (Fsp3) is 0.611. The summed E-state index contributed by atoms with van der Waals surface area (Å²) < 4.78 is 0. The average Bonchev–Trinajstić information content (AvgIpc) is 2.51. The SMILES string of the molecule is O=C(CC12CC3CC(CC(C3)C1)C2)NNC(=O)c1ccc(Cl)nc1. The number of hydrogen-bond acceptors (Lipinski definition) is 3. The van der Waals surface area contributed by atoms with E-state index in [-0.39, 0.29) is 17.2 Å². The molecule has 0 spiro atoms. The molecule has 5 rings (SSSR count). The molecule has 0 unspecified atom stereocenters. The third-order valence-electron chi connectivity index (χ3n) is 6.01. The minimum absolute atomic E-state index is 0.0905. The summed E-state index contributed by atoms with van der Waals surface area (Å²) in [4.78, 5) is 28.2. The Balaban J connectivity index is 1.32. The standard InChI is InChI=1S/C18H22ClN3O2/c19-15-2-1-14(10-20-15)17(24)22-21-16(23)9-18-6-11-3-12(7-18)5-13(4-11)8-18/h1-2,10-13H,3-9H2,(H,21,23)(H,22,24). The van der Waals surface area contributed by atoms with E-state index in [0.717, 1.165) is 17.8 Å². The summed E-state index contributed by atoms with van der Waals surface area (Å²) in [5, 5.41) is 0.331. The Morgan fingerprint density at radius 2 is 1.71 bits per heavy atom. The summed E-state index contributed by atoms with van der Waals surface area (Å²) in [7, 11) is 0. The summed E-state index contributed by atoms with van der Waals surface area (Å²) in [5.74, 6) is 1.99. The Morgan fingerprint density at radius 1 is 1.08 bits per heavy atom. The van der Waals surface area contributed by atoms with Gasteiger partial charge in [0.2, 0.25) is 5.91 Å². The second-order valence-electron chi connectivity index (χ2n) is 7.97. The van der Waals surface area contributed by atoms with Gasteiger partial charge in [-0.1, -0.05) is 11.6 Å². The average molecular weight is 348 g/mol. The van der Waals surface area contributed by atoms with Crippen LogP contribution >= 0.6 is 11.6 Å². The third kappa shape index (κ3) is 3.14. The number of nitrogens with one attached hydrogen (secondary N) is 2. The van der Waals surface area contributed by atoms with Gasteiger partial charge in [0.25, 0.3) is 5.91 Å². The molecule has 0 aromatic carbocycles. The number of hydrazine groups is 1. The van der Waals surface area contributed by atoms with Crippen LogP contribution in [0.25, 0.3) is 0 Å². The van der Waals surface area contributed by atoms with Gasteiger partial charge in [-0.05, 0) is 73.8 Å². The second kappa shape index (κ2) is 6.03. The van der Waals surface area contributed by atoms with Crippen LogP contribution in [0, 0.1) is 23.2 Å². The van der Waals surface area contributed by atoms with Crippen molar-refractivity contribution in [2.45, 2.75) is 44.9 Å². The van der Waals surface area contributed by atoms with E-state index < -0.39 is 0 Å². The molecule has 4 aliphatic rings. The minimum atomic E-state index is -0.377. The quantitative estimate of drug-likeness (QED) is 0.652. The Morgan fingerprint density at radius 3 is 2.25 bits per heavy atom. The van der Waals surface area contributed by atoms with Crippen LogP contribution in [0.4, 0.5) is 0 Å². The number of halogens is 1. The molecule has 2 N–H and O–H groups in total. The van der Waals surface area contributed by atoms with E-state index in [1.807, 2.05) is 0 Å². The zero-order valence-corrected chi connectivity index (χ0v) is 14.3. The molecular formula is C18H22ClN3O2. The van der Waals surface area contributed by atoms with Crippen LogP contribution in [0.3, 0.4) is 0 Å². The summed E-state index contributed by atoms with van der Waals surface area (Å²) in [6.07, 6.45) is 9.55. The maximum atomic E-state index is 12.4. The van der Waals surface area contributed by atoms with Crippen molar-refractivity contribution in [1.82, 2.24) is 15.8 Å². The smallest absolute Gasteiger partial charge is 0.271 e. The van der Waals surface area contributed by atoms with E-state index in [1.54, 1.807) is 12.1 Å². The van der Waals surface area contributed by atoms with E-state index in [9.17, 15) is 9.59 Å². The number of nitrogens with zero attached hydrogens (tertiary/aromatic N) is 1. The zero-order chi connectivity index (χ0) is 16.7. The molecule has 4 aliphatic carbocycles. The van der Waals surface area contributed by atoms with Gasteiger partial charge in [-0.25, -0.2) is 4.98 Å². The Bertz CT molecular complexity index is 623. The lowest BCUT2D eigenvalue weighted by Gasteiger charge is -2.56. The van der Waals surface area contributed by atoms with E-state index in [2.05, 4.69) is 15.8 Å². The van der Waals surface area contributed by atoms with Crippen LogP contribution in [0.5, 0.6) is 0 Å². The fourth-order valence-corrected chi connectivity index (χ4v) is 5.71. The minimum Gasteiger partial charge on any atom is -0.273 e. The lowest BCUT2D eigenvalue weighted by atomic mass is 9.49. The first-order chi connectivity index (χ1) is 11.5. The molecule has 24 heavy (non-hydrogen) atoms. The van der Waals surface area contributed by atoms with Crippen molar-refractivity contribution in [2.24, 2.45) is 23.2 Å². The Hall–Kier alpha value is -1.62. The molecule has 4 bridgehead atoms. The van der Waals surface area contributed by atoms with E-state index >= 15 is 0 Å². The van der Waals surface area contributed by atoms with Gasteiger partial charge in [0.1, 0.15) is 5.15 Å². The summed E-state index contributed by atoms with van der Waals surface area (Å²) in [6.45, 7) is 0. The normalized spacial score (nSPS) is 33.3. The highest BCUT2D eigenvalue weighted by Gasteiger charge is 2.51. The number of amides is 2. The van der Waals surface area contributed by atoms with Gasteiger partial charge in [-0.2, -0.15) is 0 Å². The maximum Gasteiger partial charge on any atom is 0.271 e. The first-order valence-electron chi connectivity index (χ1n) is 8.72. The molecule has 0 saturated heterocycles. The summed E-state index contributed by atoms with van der Waals surface area (Å²) in [5.41, 5.74) is 5.59. The zero-order valence-electron chi connectivity index (χ0n) is 13.6. The Kier molecular flexibility index (Phi) is 3.99. The molecule has 128 valence electrons. The molecule has 4 fully saturated rings. The maximum absolute atomic E-state index is 12.4. The van der Waals surface area contributed by atoms with Crippen molar-refractivity contribution >= 4 is 23.4 Å². The van der Waals surface area contributed by atoms with E-state index in [1.165, 1.54) is 44.7 Å². The predicted molar refractivity (Wildman–Crippen MR) is 90.1 cm³/mol. The third-order valence-corrected chi connectivity index (χ3v) is 6.23. The number of aromatic nitrogens is 1. The molecular weight excluding hydrogens is 326 g/mol. The molecule has 1 aromatic heterocycles. The van der Waals surface area contributed by atoms with Crippen molar-refractivity contribution < 1.29 is 9.59 Å². The number of hydrogen-bond donors (Lipinski definition) is 2. The predicted octanol–water partition coefficient (Wildman–Crippen LogP) is 3.10. The molecule has 1 heterocycles. The van der Waals surface area contributed by atoms with E-state index in [0.29, 0.717) is 17.1 Å². The summed E-state index contributed by atoms with van der Waals surface area (Å²) >= 11 is 5.70. The van der Waals surface area contributed by atoms with Crippen molar-refractivity contribution in [2.75, 3.05) is 0 Å². The van der Waals surface area contributed by atoms with Gasteiger partial charge in [-0.15, -0.1) is 0 Å². The number of rotatable bonds is 3. The molecule has 0 atom stereocenters. The van der Waals surface area contributed by atoms with E-state index in [4.69, 9.17) is 11.6 Å². The highest BCUT2D eigenvalue weighted by Crippen LogP contribution is 2.61. The van der Waals surface area contributed by atoms with Crippen molar-refractivity contribution in [3.8, 4) is 0 Å². The molecule has 5 nitrogen and oxygen atoms in total. The molecule has 1 aromatic rings. The first-order valence-corrected chi connectivity index (χ1v) is 9.10. The van der Waals surface area contributed by atoms with Gasteiger partial charge in [0, 0.05) is 12.6 Å². The highest BCUT2D eigenvalue weighted by atomic mass is 35.5. The van der Waals surface area contributed by atoms with Crippen LogP contribution in [0.15, 0.2) is 18.3 Å². The number of carbonyl (C=O) groups is 2. The topological polar surface area (TPSA) is 71.1 Å². The van der Waals surface area contributed by atoms with Gasteiger partial charge >= 0.3 is 0 Å². The molecule has 4 saturated carbocycles. The number of carbonyl (C=O) groups excluding carboxylic acids is 2. The lowest BCUT2D eigenvalue weighted by Crippen LogP contribution is -2.50. The molecule has 0 radical (unpaired) electrons. The van der Waals surface area contributed by atoms with Crippen LogP contribution in [-0.4, -0.2) is 16.8 Å². The highest BCUT2D eigenvalue weighted by molar-refractivity contribution is 6.29. The fourth-order valence-electron chi connectivity index (χ4n) is 5.60. The van der Waals surface area contributed by atoms with Gasteiger partial charge in [0.15, 0.2) is 0 Å². The van der Waals surface area contributed by atoms with Crippen LogP contribution < -0.4 is 10.9 Å². The Labute approximate surface area is 146 Å². The van der Waals surface area contributed by atoms with Gasteiger partial charge in [-0.3, -0.25) is 20.4 Å². The first kappa shape index (κ1) is 15.9. The lowest BCUT2D eigenvalue weighted by molar-refractivity contribution is -0.130. The monoisotopic (exact) mass is 347 g/mol.